The van der Waals surface area contributed by atoms with Crippen molar-refractivity contribution in [1.29, 1.82) is 0 Å². The zero-order chi connectivity index (χ0) is 18.0. The molecule has 2 N–H and O–H groups in total. The van der Waals surface area contributed by atoms with Crippen LogP contribution in [-0.2, 0) is 0 Å². The van der Waals surface area contributed by atoms with Crippen LogP contribution in [0.4, 0.5) is 8.78 Å². The lowest BCUT2D eigenvalue weighted by atomic mass is 10.0. The van der Waals surface area contributed by atoms with Gasteiger partial charge in [-0.05, 0) is 0 Å². The maximum atomic E-state index is 13.2. The summed E-state index contributed by atoms with van der Waals surface area (Å²) in [6, 6.07) is 2.75. The molecule has 2 atom stereocenters. The minimum absolute atomic E-state index is 0.0394. The number of aliphatic hydroxyl groups excluding tert-OH is 1. The number of hydrogen-bond acceptors (Lipinski definition) is 5. The third-order valence-corrected chi connectivity index (χ3v) is 3.84. The number of ether oxygens (including phenoxy) is 1. The van der Waals surface area contributed by atoms with Gasteiger partial charge >= 0.3 is 0 Å². The fourth-order valence-corrected chi connectivity index (χ4v) is 2.66. The van der Waals surface area contributed by atoms with Crippen LogP contribution in [-0.4, -0.2) is 51.2 Å². The number of rotatable bonds is 3. The number of carbonyl (C=O) groups excluding carboxylic acids is 1. The van der Waals surface area contributed by atoms with E-state index in [2.05, 4.69) is 9.97 Å². The van der Waals surface area contributed by atoms with E-state index in [1.54, 1.807) is 0 Å². The molecule has 0 radical (unpaired) electrons. The van der Waals surface area contributed by atoms with Gasteiger partial charge in [0.15, 0.2) is 5.69 Å². The summed E-state index contributed by atoms with van der Waals surface area (Å²) in [5, 5.41) is 10.2. The second-order valence-corrected chi connectivity index (χ2v) is 5.64. The maximum Gasteiger partial charge on any atom is 0.279 e. The third-order valence-electron chi connectivity index (χ3n) is 3.84. The van der Waals surface area contributed by atoms with Crippen LogP contribution in [0.5, 0.6) is 5.75 Å². The van der Waals surface area contributed by atoms with E-state index >= 15 is 0 Å². The molecule has 9 heteroatoms. The Hall–Kier alpha value is -2.81. The number of piperidine rings is 1. The first-order chi connectivity index (χ1) is 11.9. The molecule has 3 rings (SSSR count). The highest BCUT2D eigenvalue weighted by Crippen LogP contribution is 2.22. The van der Waals surface area contributed by atoms with Crippen molar-refractivity contribution in [1.82, 2.24) is 14.9 Å². The van der Waals surface area contributed by atoms with Gasteiger partial charge in [-0.15, -0.1) is 0 Å². The highest BCUT2D eigenvalue weighted by molar-refractivity contribution is 5.92. The zero-order valence-electron chi connectivity index (χ0n) is 13.0. The van der Waals surface area contributed by atoms with Crippen molar-refractivity contribution in [3.05, 3.63) is 58.3 Å². The molecule has 7 nitrogen and oxygen atoms in total. The van der Waals surface area contributed by atoms with Gasteiger partial charge in [-0.1, -0.05) is 0 Å². The second-order valence-electron chi connectivity index (χ2n) is 5.64. The van der Waals surface area contributed by atoms with Crippen LogP contribution in [0.25, 0.3) is 0 Å². The molecule has 1 amide bonds. The van der Waals surface area contributed by atoms with Crippen LogP contribution in [0.1, 0.15) is 16.9 Å². The van der Waals surface area contributed by atoms with Crippen molar-refractivity contribution in [3.8, 4) is 5.75 Å². The molecule has 1 aliphatic rings. The quantitative estimate of drug-likeness (QED) is 0.849. The molecule has 1 fully saturated rings. The summed E-state index contributed by atoms with van der Waals surface area (Å²) in [5.41, 5.74) is -0.878. The first-order valence-electron chi connectivity index (χ1n) is 7.58. The van der Waals surface area contributed by atoms with E-state index in [9.17, 15) is 23.5 Å². The number of halogens is 2. The molecule has 0 aliphatic carbocycles. The van der Waals surface area contributed by atoms with Crippen LogP contribution >= 0.6 is 0 Å². The molecular formula is C16H15F2N3O4. The van der Waals surface area contributed by atoms with Crippen molar-refractivity contribution in [2.45, 2.75) is 18.6 Å². The molecule has 1 aromatic heterocycles. The predicted molar refractivity (Wildman–Crippen MR) is 82.2 cm³/mol. The summed E-state index contributed by atoms with van der Waals surface area (Å²) in [4.78, 5) is 31.3. The van der Waals surface area contributed by atoms with Gasteiger partial charge in [0.25, 0.3) is 11.5 Å². The normalized spacial score (nSPS) is 20.4. The molecule has 2 heterocycles. The fraction of sp³-hybridized carbons (Fsp3) is 0.312. The lowest BCUT2D eigenvalue weighted by Gasteiger charge is -2.35. The van der Waals surface area contributed by atoms with Crippen LogP contribution in [0, 0.1) is 11.6 Å². The Morgan fingerprint density at radius 1 is 1.32 bits per heavy atom. The van der Waals surface area contributed by atoms with Gasteiger partial charge in [-0.2, -0.15) is 0 Å². The molecule has 25 heavy (non-hydrogen) atoms. The van der Waals surface area contributed by atoms with Crippen LogP contribution < -0.4 is 10.3 Å². The van der Waals surface area contributed by atoms with Gasteiger partial charge in [0.2, 0.25) is 0 Å². The van der Waals surface area contributed by atoms with Gasteiger partial charge in [-0.3, -0.25) is 9.59 Å². The molecule has 0 bridgehead atoms. The topological polar surface area (TPSA) is 95.5 Å². The van der Waals surface area contributed by atoms with Gasteiger partial charge < -0.3 is 19.7 Å². The first kappa shape index (κ1) is 17.0. The lowest BCUT2D eigenvalue weighted by Crippen LogP contribution is -2.51. The molecular weight excluding hydrogens is 336 g/mol. The molecule has 132 valence electrons. The molecule has 1 aromatic carbocycles. The third kappa shape index (κ3) is 3.82. The van der Waals surface area contributed by atoms with Crippen molar-refractivity contribution < 1.29 is 23.4 Å². The average molecular weight is 351 g/mol. The molecule has 1 aliphatic heterocycles. The molecule has 0 unspecified atom stereocenters. The van der Waals surface area contributed by atoms with Crippen LogP contribution in [0.3, 0.4) is 0 Å². The van der Waals surface area contributed by atoms with E-state index in [0.717, 1.165) is 18.2 Å². The Bertz CT molecular complexity index is 822. The number of aromatic nitrogens is 2. The summed E-state index contributed by atoms with van der Waals surface area (Å²) in [6.45, 7) is 0.117. The number of hydrogen-bond donors (Lipinski definition) is 2. The van der Waals surface area contributed by atoms with E-state index < -0.39 is 35.3 Å². The summed E-state index contributed by atoms with van der Waals surface area (Å²) in [6.07, 6.45) is 1.03. The second kappa shape index (κ2) is 6.98. The molecule has 0 saturated carbocycles. The van der Waals surface area contributed by atoms with Gasteiger partial charge in [0, 0.05) is 43.6 Å². The number of H-pyrrole nitrogens is 1. The summed E-state index contributed by atoms with van der Waals surface area (Å²) in [7, 11) is 0. The standard InChI is InChI=1S/C16H15F2N3O4/c17-9-5-10(18)7-11(6-9)25-13-1-4-21(8-12(13)22)16(24)14-15(23)20-3-2-19-14/h2-3,5-7,12-13,22H,1,4,8H2,(H,20,23)/t12-,13-/m1/s1. The van der Waals surface area contributed by atoms with Crippen LogP contribution in [0.15, 0.2) is 35.4 Å². The average Bonchev–Trinajstić information content (AvgIpc) is 2.55. The Morgan fingerprint density at radius 2 is 2.04 bits per heavy atom. The van der Waals surface area contributed by atoms with Crippen molar-refractivity contribution >= 4 is 5.91 Å². The number of carbonyl (C=O) groups is 1. The number of β-amino-alcohol motifs (C(OH)–C–C–N with tert-alkyl or cyclic N) is 1. The summed E-state index contributed by atoms with van der Waals surface area (Å²) >= 11 is 0. The van der Waals surface area contributed by atoms with E-state index in [1.807, 2.05) is 0 Å². The number of nitrogens with one attached hydrogen (secondary N) is 1. The zero-order valence-corrected chi connectivity index (χ0v) is 13.0. The van der Waals surface area contributed by atoms with Crippen LogP contribution in [0.2, 0.25) is 0 Å². The highest BCUT2D eigenvalue weighted by atomic mass is 19.1. The van der Waals surface area contributed by atoms with E-state index in [1.165, 1.54) is 17.3 Å². The SMILES string of the molecule is O=C(c1ncc[nH]c1=O)N1CC[C@@H](Oc2cc(F)cc(F)c2)[C@H](O)C1. The lowest BCUT2D eigenvalue weighted by molar-refractivity contribution is -0.0203. The van der Waals surface area contributed by atoms with Gasteiger partial charge in [0.05, 0.1) is 6.54 Å². The van der Waals surface area contributed by atoms with E-state index in [-0.39, 0.29) is 31.0 Å². The van der Waals surface area contributed by atoms with Crippen molar-refractivity contribution in [2.75, 3.05) is 13.1 Å². The van der Waals surface area contributed by atoms with Gasteiger partial charge in [0.1, 0.15) is 29.6 Å². The monoisotopic (exact) mass is 351 g/mol. The van der Waals surface area contributed by atoms with Crippen molar-refractivity contribution in [3.63, 3.8) is 0 Å². The minimum Gasteiger partial charge on any atom is -0.487 e. The summed E-state index contributed by atoms with van der Waals surface area (Å²) < 4.78 is 31.8. The first-order valence-corrected chi connectivity index (χ1v) is 7.58. The van der Waals surface area contributed by atoms with Crippen molar-refractivity contribution in [2.24, 2.45) is 0 Å². The van der Waals surface area contributed by atoms with E-state index in [4.69, 9.17) is 4.74 Å². The molecule has 0 spiro atoms. The molecule has 2 aromatic rings. The Balaban J connectivity index is 1.67. The number of benzene rings is 1. The van der Waals surface area contributed by atoms with Gasteiger partial charge in [-0.25, -0.2) is 13.8 Å². The Kier molecular flexibility index (Phi) is 4.75. The fourth-order valence-electron chi connectivity index (χ4n) is 2.66. The maximum absolute atomic E-state index is 13.2. The number of amides is 1. The smallest absolute Gasteiger partial charge is 0.279 e. The molecule has 1 saturated heterocycles. The number of nitrogens with zero attached hydrogens (tertiary/aromatic N) is 2. The number of likely N-dealkylation sites (tertiary alicyclic amines) is 1. The summed E-state index contributed by atoms with van der Waals surface area (Å²) in [5.74, 6) is -2.21. The number of aliphatic hydroxyl groups is 1. The predicted octanol–water partition coefficient (Wildman–Crippen LogP) is 0.702. The largest absolute Gasteiger partial charge is 0.487 e. The van der Waals surface area contributed by atoms with E-state index in [0.29, 0.717) is 0 Å². The highest BCUT2D eigenvalue weighted by Gasteiger charge is 2.33. The Morgan fingerprint density at radius 3 is 2.68 bits per heavy atom. The minimum atomic E-state index is -1.08. The number of aromatic amines is 1. The Labute approximate surface area is 140 Å².